The Balaban J connectivity index is 1.27. The van der Waals surface area contributed by atoms with E-state index in [9.17, 15) is 0 Å². The van der Waals surface area contributed by atoms with Gasteiger partial charge in [-0.25, -0.2) is 4.98 Å². The molecule has 0 atom stereocenters. The Morgan fingerprint density at radius 3 is 2.48 bits per heavy atom. The first kappa shape index (κ1) is 15.3. The van der Waals surface area contributed by atoms with E-state index in [1.165, 1.54) is 63.2 Å². The molecule has 0 unspecified atom stereocenters. The Morgan fingerprint density at radius 1 is 1.00 bits per heavy atom. The number of hydrogen-bond donors (Lipinski definition) is 0. The van der Waals surface area contributed by atoms with Gasteiger partial charge in [0, 0.05) is 43.7 Å². The quantitative estimate of drug-likeness (QED) is 0.806. The van der Waals surface area contributed by atoms with Crippen molar-refractivity contribution in [2.45, 2.75) is 25.8 Å². The number of thiazole rings is 1. The zero-order valence-corrected chi connectivity index (χ0v) is 14.5. The van der Waals surface area contributed by atoms with Gasteiger partial charge in [0.05, 0.1) is 5.69 Å². The van der Waals surface area contributed by atoms with Gasteiger partial charge >= 0.3 is 0 Å². The second-order valence-electron chi connectivity index (χ2n) is 6.86. The molecule has 1 aliphatic carbocycles. The second-order valence-corrected chi connectivity index (χ2v) is 7.72. The summed E-state index contributed by atoms with van der Waals surface area (Å²) < 4.78 is 0. The highest BCUT2D eigenvalue weighted by molar-refractivity contribution is 7.13. The highest BCUT2D eigenvalue weighted by Gasteiger charge is 2.23. The predicted octanol–water partition coefficient (Wildman–Crippen LogP) is 3.73. The van der Waals surface area contributed by atoms with Crippen LogP contribution in [0.2, 0.25) is 0 Å². The lowest BCUT2D eigenvalue weighted by atomic mass is 10.2. The van der Waals surface area contributed by atoms with E-state index in [-0.39, 0.29) is 0 Å². The third-order valence-electron chi connectivity index (χ3n) is 4.97. The number of hydrogen-bond acceptors (Lipinski definition) is 4. The molecule has 2 fully saturated rings. The lowest BCUT2D eigenvalue weighted by Crippen LogP contribution is -2.46. The summed E-state index contributed by atoms with van der Waals surface area (Å²) in [6.07, 6.45) is 4.38. The second kappa shape index (κ2) is 7.12. The van der Waals surface area contributed by atoms with Crippen LogP contribution in [-0.2, 0) is 6.54 Å². The molecule has 1 saturated carbocycles. The molecule has 3 nitrogen and oxygen atoms in total. The van der Waals surface area contributed by atoms with Crippen molar-refractivity contribution >= 4 is 11.3 Å². The Hall–Kier alpha value is -1.23. The van der Waals surface area contributed by atoms with Crippen LogP contribution in [0.15, 0.2) is 35.7 Å². The first-order valence-electron chi connectivity index (χ1n) is 8.81. The van der Waals surface area contributed by atoms with Gasteiger partial charge < -0.3 is 4.90 Å². The van der Waals surface area contributed by atoms with Crippen LogP contribution in [0.25, 0.3) is 10.6 Å². The fourth-order valence-electron chi connectivity index (χ4n) is 3.26. The van der Waals surface area contributed by atoms with E-state index in [4.69, 9.17) is 4.98 Å². The average Bonchev–Trinajstić information content (AvgIpc) is 3.32. The fraction of sp³-hybridized carbons (Fsp3) is 0.526. The topological polar surface area (TPSA) is 19.4 Å². The lowest BCUT2D eigenvalue weighted by Gasteiger charge is -2.34. The van der Waals surface area contributed by atoms with Gasteiger partial charge in [0.25, 0.3) is 0 Å². The van der Waals surface area contributed by atoms with E-state index in [0.29, 0.717) is 0 Å². The van der Waals surface area contributed by atoms with E-state index < -0.39 is 0 Å². The van der Waals surface area contributed by atoms with E-state index in [2.05, 4.69) is 45.5 Å². The van der Waals surface area contributed by atoms with Crippen LogP contribution < -0.4 is 0 Å². The number of rotatable bonds is 6. The van der Waals surface area contributed by atoms with Gasteiger partial charge in [-0.15, -0.1) is 11.3 Å². The Kier molecular flexibility index (Phi) is 4.74. The summed E-state index contributed by atoms with van der Waals surface area (Å²) in [5, 5.41) is 3.37. The fourth-order valence-corrected chi connectivity index (χ4v) is 4.08. The molecular formula is C19H25N3S. The summed E-state index contributed by atoms with van der Waals surface area (Å²) in [4.78, 5) is 10.0. The zero-order chi connectivity index (χ0) is 15.5. The van der Waals surface area contributed by atoms with Crippen LogP contribution in [0.5, 0.6) is 0 Å². The van der Waals surface area contributed by atoms with Crippen LogP contribution >= 0.6 is 11.3 Å². The summed E-state index contributed by atoms with van der Waals surface area (Å²) in [6, 6.07) is 10.5. The van der Waals surface area contributed by atoms with Gasteiger partial charge in [-0.1, -0.05) is 43.2 Å². The van der Waals surface area contributed by atoms with Crippen molar-refractivity contribution in [2.75, 3.05) is 32.7 Å². The first-order chi connectivity index (χ1) is 11.4. The maximum absolute atomic E-state index is 4.82. The van der Waals surface area contributed by atoms with Gasteiger partial charge in [0.1, 0.15) is 5.01 Å². The molecule has 2 aromatic rings. The minimum atomic E-state index is 1.000. The minimum Gasteiger partial charge on any atom is -0.301 e. The molecule has 122 valence electrons. The summed E-state index contributed by atoms with van der Waals surface area (Å²) in [5.41, 5.74) is 2.45. The smallest absolute Gasteiger partial charge is 0.123 e. The number of nitrogens with zero attached hydrogens (tertiary/aromatic N) is 3. The molecular weight excluding hydrogens is 302 g/mol. The van der Waals surface area contributed by atoms with Gasteiger partial charge in [-0.3, -0.25) is 4.90 Å². The van der Waals surface area contributed by atoms with Crippen molar-refractivity contribution in [2.24, 2.45) is 5.92 Å². The van der Waals surface area contributed by atoms with Gasteiger partial charge in [-0.05, 0) is 18.9 Å². The van der Waals surface area contributed by atoms with Crippen LogP contribution in [-0.4, -0.2) is 47.5 Å². The molecule has 1 aliphatic heterocycles. The molecule has 23 heavy (non-hydrogen) atoms. The lowest BCUT2D eigenvalue weighted by molar-refractivity contribution is 0.124. The molecule has 1 aromatic heterocycles. The Labute approximate surface area is 143 Å². The van der Waals surface area contributed by atoms with Crippen LogP contribution in [0.4, 0.5) is 0 Å². The maximum Gasteiger partial charge on any atom is 0.123 e. The highest BCUT2D eigenvalue weighted by atomic mass is 32.1. The summed E-state index contributed by atoms with van der Waals surface area (Å²) in [6.45, 7) is 7.13. The van der Waals surface area contributed by atoms with Crippen molar-refractivity contribution in [1.82, 2.24) is 14.8 Å². The molecule has 2 heterocycles. The predicted molar refractivity (Wildman–Crippen MR) is 96.6 cm³/mol. The van der Waals surface area contributed by atoms with Crippen molar-refractivity contribution in [3.05, 3.63) is 41.4 Å². The number of benzene rings is 1. The van der Waals surface area contributed by atoms with Crippen molar-refractivity contribution in [1.29, 1.82) is 0 Å². The Morgan fingerprint density at radius 2 is 1.74 bits per heavy atom. The molecule has 1 saturated heterocycles. The highest BCUT2D eigenvalue weighted by Crippen LogP contribution is 2.32. The third-order valence-corrected chi connectivity index (χ3v) is 5.91. The monoisotopic (exact) mass is 327 g/mol. The summed E-state index contributed by atoms with van der Waals surface area (Å²) in [5.74, 6) is 1.06. The largest absolute Gasteiger partial charge is 0.301 e. The first-order valence-corrected chi connectivity index (χ1v) is 9.69. The molecule has 0 radical (unpaired) electrons. The van der Waals surface area contributed by atoms with Gasteiger partial charge in [0.15, 0.2) is 0 Å². The molecule has 4 heteroatoms. The van der Waals surface area contributed by atoms with Crippen molar-refractivity contribution < 1.29 is 0 Å². The van der Waals surface area contributed by atoms with E-state index in [0.717, 1.165) is 17.5 Å². The molecule has 0 N–H and O–H groups in total. The van der Waals surface area contributed by atoms with E-state index in [1.807, 2.05) is 0 Å². The van der Waals surface area contributed by atoms with Crippen LogP contribution in [0, 0.1) is 5.92 Å². The van der Waals surface area contributed by atoms with Gasteiger partial charge in [0.2, 0.25) is 0 Å². The number of aromatic nitrogens is 1. The van der Waals surface area contributed by atoms with Crippen molar-refractivity contribution in [3.63, 3.8) is 0 Å². The molecule has 2 aliphatic rings. The maximum atomic E-state index is 4.82. The Bertz CT molecular complexity index is 613. The normalized spacial score (nSPS) is 20.0. The zero-order valence-electron chi connectivity index (χ0n) is 13.7. The molecule has 0 bridgehead atoms. The minimum absolute atomic E-state index is 1.000. The van der Waals surface area contributed by atoms with Crippen molar-refractivity contribution in [3.8, 4) is 10.6 Å². The molecule has 4 rings (SSSR count). The molecule has 0 amide bonds. The number of piperazine rings is 1. The van der Waals surface area contributed by atoms with Crippen LogP contribution in [0.1, 0.15) is 25.0 Å². The van der Waals surface area contributed by atoms with E-state index >= 15 is 0 Å². The molecule has 1 aromatic carbocycles. The SMILES string of the molecule is c1ccc(-c2nc(CN3CCN(CCC4CC4)CC3)cs2)cc1. The standard InChI is InChI=1S/C19H25N3S/c1-2-4-17(5-3-1)19-20-18(15-23-19)14-22-12-10-21(11-13-22)9-8-16-6-7-16/h1-5,15-16H,6-14H2. The summed E-state index contributed by atoms with van der Waals surface area (Å²) >= 11 is 1.76. The molecule has 0 spiro atoms. The average molecular weight is 327 g/mol. The van der Waals surface area contributed by atoms with Crippen LogP contribution in [0.3, 0.4) is 0 Å². The van der Waals surface area contributed by atoms with E-state index in [1.54, 1.807) is 11.3 Å². The third kappa shape index (κ3) is 4.19. The van der Waals surface area contributed by atoms with Gasteiger partial charge in [-0.2, -0.15) is 0 Å². The summed E-state index contributed by atoms with van der Waals surface area (Å²) in [7, 11) is 0.